The van der Waals surface area contributed by atoms with Crippen molar-refractivity contribution in [2.75, 3.05) is 51.4 Å². The van der Waals surface area contributed by atoms with Crippen LogP contribution >= 0.6 is 0 Å². The van der Waals surface area contributed by atoms with Gasteiger partial charge in [-0.3, -0.25) is 15.0 Å². The number of pyridine rings is 2. The van der Waals surface area contributed by atoms with Crippen LogP contribution in [0.15, 0.2) is 36.9 Å². The quantitative estimate of drug-likeness (QED) is 0.395. The van der Waals surface area contributed by atoms with E-state index in [0.717, 1.165) is 57.9 Å². The van der Waals surface area contributed by atoms with E-state index in [-0.39, 0.29) is 17.0 Å². The average molecular weight is 543 g/mol. The molecule has 0 saturated carbocycles. The van der Waals surface area contributed by atoms with Crippen LogP contribution in [0.1, 0.15) is 18.4 Å². The molecular weight excluding hydrogens is 513 g/mol. The Hall–Kier alpha value is -3.71. The molecule has 0 radical (unpaired) electrons. The predicted molar refractivity (Wildman–Crippen MR) is 138 cm³/mol. The molecule has 206 valence electrons. The molecule has 4 aromatic heterocycles. The molecule has 0 bridgehead atoms. The molecule has 13 heteroatoms. The minimum atomic E-state index is -4.45. The van der Waals surface area contributed by atoms with Crippen LogP contribution in [0.4, 0.5) is 18.9 Å². The zero-order chi connectivity index (χ0) is 27.0. The highest BCUT2D eigenvalue weighted by molar-refractivity contribution is 5.75. The monoisotopic (exact) mass is 542 g/mol. The van der Waals surface area contributed by atoms with Crippen LogP contribution in [0, 0.1) is 0 Å². The summed E-state index contributed by atoms with van der Waals surface area (Å²) in [7, 11) is 1.47. The molecule has 39 heavy (non-hydrogen) atoms. The topological polar surface area (TPSA) is 96.7 Å². The van der Waals surface area contributed by atoms with Crippen molar-refractivity contribution in [1.29, 1.82) is 0 Å². The molecule has 0 spiro atoms. The highest BCUT2D eigenvalue weighted by Gasteiger charge is 2.33. The molecular formula is C26H29F3N8O2. The van der Waals surface area contributed by atoms with Gasteiger partial charge in [0, 0.05) is 62.8 Å². The van der Waals surface area contributed by atoms with Gasteiger partial charge in [-0.15, -0.1) is 0 Å². The lowest BCUT2D eigenvalue weighted by atomic mass is 10.0. The summed E-state index contributed by atoms with van der Waals surface area (Å²) in [6.45, 7) is 5.32. The van der Waals surface area contributed by atoms with Gasteiger partial charge in [0.05, 0.1) is 36.8 Å². The third-order valence-electron chi connectivity index (χ3n) is 7.47. The fourth-order valence-electron chi connectivity index (χ4n) is 5.48. The van der Waals surface area contributed by atoms with Crippen molar-refractivity contribution in [2.24, 2.45) is 0 Å². The van der Waals surface area contributed by atoms with Crippen LogP contribution in [-0.2, 0) is 11.2 Å². The highest BCUT2D eigenvalue weighted by Crippen LogP contribution is 2.36. The van der Waals surface area contributed by atoms with Gasteiger partial charge in [-0.2, -0.15) is 23.4 Å². The standard InChI is InChI=1S/C26H29F3N8O2/c1-38-22-12-17(15-37-25(22)31-16-32-37)23-20(13-26(27,28)29)24(34-33-23)21-3-2-19(14-30-21)36-8-6-35(7-9-36)18-4-10-39-11-5-18/h2-3,12,14-16,18H,4-11,13H2,1H3,(H,33,34). The van der Waals surface area contributed by atoms with E-state index in [1.165, 1.54) is 18.0 Å². The smallest absolute Gasteiger partial charge is 0.393 e. The first kappa shape index (κ1) is 25.6. The van der Waals surface area contributed by atoms with Gasteiger partial charge in [0.25, 0.3) is 0 Å². The normalized spacial score (nSPS) is 17.7. The van der Waals surface area contributed by atoms with Gasteiger partial charge in [0.2, 0.25) is 0 Å². The molecule has 0 aromatic carbocycles. The van der Waals surface area contributed by atoms with Gasteiger partial charge in [0.15, 0.2) is 11.4 Å². The maximum atomic E-state index is 13.7. The first-order valence-electron chi connectivity index (χ1n) is 12.9. The largest absolute Gasteiger partial charge is 0.493 e. The number of piperazine rings is 1. The fourth-order valence-corrected chi connectivity index (χ4v) is 5.48. The van der Waals surface area contributed by atoms with Crippen LogP contribution in [0.25, 0.3) is 28.3 Å². The number of nitrogens with one attached hydrogen (secondary N) is 1. The molecule has 1 N–H and O–H groups in total. The Bertz CT molecular complexity index is 1420. The molecule has 2 saturated heterocycles. The Balaban J connectivity index is 1.26. The van der Waals surface area contributed by atoms with Gasteiger partial charge >= 0.3 is 6.18 Å². The van der Waals surface area contributed by atoms with E-state index < -0.39 is 12.6 Å². The number of nitrogens with zero attached hydrogens (tertiary/aromatic N) is 7. The van der Waals surface area contributed by atoms with E-state index in [4.69, 9.17) is 9.47 Å². The number of H-pyrrole nitrogens is 1. The van der Waals surface area contributed by atoms with Gasteiger partial charge < -0.3 is 14.4 Å². The van der Waals surface area contributed by atoms with Crippen molar-refractivity contribution in [3.63, 3.8) is 0 Å². The van der Waals surface area contributed by atoms with Crippen LogP contribution in [0.3, 0.4) is 0 Å². The second-order valence-electron chi connectivity index (χ2n) is 9.81. The van der Waals surface area contributed by atoms with E-state index in [2.05, 4.69) is 35.1 Å². The third-order valence-corrected chi connectivity index (χ3v) is 7.47. The Morgan fingerprint density at radius 3 is 2.59 bits per heavy atom. The van der Waals surface area contributed by atoms with Crippen molar-refractivity contribution in [3.05, 3.63) is 42.5 Å². The third kappa shape index (κ3) is 5.28. The number of hydrogen-bond donors (Lipinski definition) is 1. The molecule has 0 aliphatic carbocycles. The Morgan fingerprint density at radius 2 is 1.90 bits per heavy atom. The summed E-state index contributed by atoms with van der Waals surface area (Å²) in [6, 6.07) is 5.84. The minimum Gasteiger partial charge on any atom is -0.493 e. The van der Waals surface area contributed by atoms with Gasteiger partial charge in [-0.1, -0.05) is 0 Å². The molecule has 0 amide bonds. The number of anilines is 1. The number of alkyl halides is 3. The Kier molecular flexibility index (Phi) is 6.85. The SMILES string of the molecule is COc1cc(-c2[nH]nc(-c3ccc(N4CCN(C5CCOCC5)CC4)cn3)c2CC(F)(F)F)cn2ncnc12. The van der Waals surface area contributed by atoms with Crippen LogP contribution in [0.2, 0.25) is 0 Å². The minimum absolute atomic E-state index is 0.00865. The molecule has 4 aromatic rings. The van der Waals surface area contributed by atoms with Crippen molar-refractivity contribution in [3.8, 4) is 28.4 Å². The van der Waals surface area contributed by atoms with Gasteiger partial charge in [0.1, 0.15) is 12.0 Å². The average Bonchev–Trinajstić information content (AvgIpc) is 3.59. The van der Waals surface area contributed by atoms with Crippen molar-refractivity contribution in [1.82, 2.24) is 34.7 Å². The summed E-state index contributed by atoms with van der Waals surface area (Å²) < 4.78 is 53.4. The number of methoxy groups -OCH3 is 1. The fraction of sp³-hybridized carbons (Fsp3) is 0.462. The number of aromatic amines is 1. The lowest BCUT2D eigenvalue weighted by molar-refractivity contribution is -0.127. The van der Waals surface area contributed by atoms with E-state index in [1.807, 2.05) is 6.07 Å². The maximum absolute atomic E-state index is 13.7. The van der Waals surface area contributed by atoms with E-state index >= 15 is 0 Å². The summed E-state index contributed by atoms with van der Waals surface area (Å²) in [5.74, 6) is 0.388. The molecule has 10 nitrogen and oxygen atoms in total. The molecule has 2 aliphatic heterocycles. The van der Waals surface area contributed by atoms with E-state index in [0.29, 0.717) is 28.7 Å². The number of ether oxygens (including phenoxy) is 2. The van der Waals surface area contributed by atoms with Crippen LogP contribution in [-0.4, -0.2) is 93.4 Å². The predicted octanol–water partition coefficient (Wildman–Crippen LogP) is 3.60. The van der Waals surface area contributed by atoms with Crippen LogP contribution in [0.5, 0.6) is 5.75 Å². The molecule has 6 rings (SSSR count). The highest BCUT2D eigenvalue weighted by atomic mass is 19.4. The second-order valence-corrected chi connectivity index (χ2v) is 9.81. The number of hydrogen-bond acceptors (Lipinski definition) is 8. The summed E-state index contributed by atoms with van der Waals surface area (Å²) in [5, 5.41) is 11.2. The zero-order valence-corrected chi connectivity index (χ0v) is 21.5. The summed E-state index contributed by atoms with van der Waals surface area (Å²) >= 11 is 0. The first-order chi connectivity index (χ1) is 18.9. The molecule has 2 fully saturated rings. The molecule has 0 unspecified atom stereocenters. The van der Waals surface area contributed by atoms with Gasteiger partial charge in [-0.25, -0.2) is 9.50 Å². The molecule has 0 atom stereocenters. The lowest BCUT2D eigenvalue weighted by Gasteiger charge is -2.41. The van der Waals surface area contributed by atoms with Crippen LogP contribution < -0.4 is 9.64 Å². The molecule has 6 heterocycles. The number of rotatable bonds is 6. The second kappa shape index (κ2) is 10.5. The lowest BCUT2D eigenvalue weighted by Crippen LogP contribution is -2.51. The maximum Gasteiger partial charge on any atom is 0.393 e. The number of aromatic nitrogens is 6. The summed E-state index contributed by atoms with van der Waals surface area (Å²) in [5.41, 5.74) is 2.62. The summed E-state index contributed by atoms with van der Waals surface area (Å²) in [4.78, 5) is 13.5. The van der Waals surface area contributed by atoms with Gasteiger partial charge in [-0.05, 0) is 31.0 Å². The molecule has 2 aliphatic rings. The first-order valence-corrected chi connectivity index (χ1v) is 12.9. The van der Waals surface area contributed by atoms with E-state index in [9.17, 15) is 13.2 Å². The van der Waals surface area contributed by atoms with Crippen molar-refractivity contribution in [2.45, 2.75) is 31.5 Å². The van der Waals surface area contributed by atoms with Crippen molar-refractivity contribution >= 4 is 11.3 Å². The Labute approximate surface area is 222 Å². The summed E-state index contributed by atoms with van der Waals surface area (Å²) in [6.07, 6.45) is 1.20. The number of halogens is 3. The number of fused-ring (bicyclic) bond motifs is 1. The van der Waals surface area contributed by atoms with E-state index in [1.54, 1.807) is 24.5 Å². The zero-order valence-electron chi connectivity index (χ0n) is 21.5. The Morgan fingerprint density at radius 1 is 1.10 bits per heavy atom. The van der Waals surface area contributed by atoms with Crippen molar-refractivity contribution < 1.29 is 22.6 Å².